The summed E-state index contributed by atoms with van der Waals surface area (Å²) in [6, 6.07) is 0. The fourth-order valence-electron chi connectivity index (χ4n) is 1.13. The summed E-state index contributed by atoms with van der Waals surface area (Å²) in [4.78, 5) is 8.42. The maximum absolute atomic E-state index is 4.86. The summed E-state index contributed by atoms with van der Waals surface area (Å²) in [6.07, 6.45) is 1.16. The van der Waals surface area contributed by atoms with Crippen LogP contribution in [0.15, 0.2) is 9.52 Å². The van der Waals surface area contributed by atoms with Gasteiger partial charge in [0.2, 0.25) is 5.89 Å². The zero-order valence-electron chi connectivity index (χ0n) is 7.99. The zero-order valence-corrected chi connectivity index (χ0v) is 8.80. The lowest BCUT2D eigenvalue weighted by molar-refractivity contribution is 0.387. The molecule has 0 aromatic carbocycles. The molecule has 0 aliphatic carbocycles. The molecule has 1 N–H and O–H groups in total. The number of aliphatic imine (C=N–C) groups is 1. The second-order valence-electron chi connectivity index (χ2n) is 2.97. The largest absolute Gasteiger partial charge is 0.357 e. The Bertz CT molecular complexity index is 336. The number of amidine groups is 1. The van der Waals surface area contributed by atoms with Crippen LogP contribution < -0.4 is 5.32 Å². The van der Waals surface area contributed by atoms with Gasteiger partial charge in [0.25, 0.3) is 0 Å². The highest BCUT2D eigenvalue weighted by atomic mass is 32.2. The van der Waals surface area contributed by atoms with Gasteiger partial charge in [-0.05, 0) is 6.42 Å². The molecular formula is C8H12N4OS. The second-order valence-corrected chi connectivity index (χ2v) is 4.06. The number of nitrogens with zero attached hydrogens (tertiary/aromatic N) is 3. The van der Waals surface area contributed by atoms with Gasteiger partial charge >= 0.3 is 0 Å². The van der Waals surface area contributed by atoms with E-state index in [1.54, 1.807) is 18.7 Å². The molecule has 1 aliphatic heterocycles. The lowest BCUT2D eigenvalue weighted by Crippen LogP contribution is -2.23. The monoisotopic (exact) mass is 212 g/mol. The topological polar surface area (TPSA) is 63.3 Å². The van der Waals surface area contributed by atoms with Crippen LogP contribution in [0.4, 0.5) is 0 Å². The van der Waals surface area contributed by atoms with Crippen molar-refractivity contribution in [3.63, 3.8) is 0 Å². The Morgan fingerprint density at radius 3 is 3.14 bits per heavy atom. The molecule has 76 valence electrons. The van der Waals surface area contributed by atoms with Crippen LogP contribution in [-0.4, -0.2) is 27.6 Å². The van der Waals surface area contributed by atoms with Crippen LogP contribution in [0.3, 0.4) is 0 Å². The van der Waals surface area contributed by atoms with Crippen molar-refractivity contribution in [2.24, 2.45) is 4.99 Å². The van der Waals surface area contributed by atoms with E-state index in [2.05, 4.69) is 20.4 Å². The second kappa shape index (κ2) is 4.45. The average molecular weight is 212 g/mol. The summed E-state index contributed by atoms with van der Waals surface area (Å²) in [6.45, 7) is 3.28. The molecular weight excluding hydrogens is 200 g/mol. The summed E-state index contributed by atoms with van der Waals surface area (Å²) < 4.78 is 4.86. The van der Waals surface area contributed by atoms with E-state index >= 15 is 0 Å². The first kappa shape index (κ1) is 9.51. The number of thioether (sulfide) groups is 1. The molecule has 2 heterocycles. The summed E-state index contributed by atoms with van der Waals surface area (Å²) in [5.74, 6) is 2.41. The molecule has 0 radical (unpaired) electrons. The van der Waals surface area contributed by atoms with E-state index < -0.39 is 0 Å². The first-order valence-electron chi connectivity index (χ1n) is 4.55. The minimum absolute atomic E-state index is 0.586. The number of aryl methyl sites for hydroxylation is 1. The summed E-state index contributed by atoms with van der Waals surface area (Å²) >= 11 is 1.74. The fourth-order valence-corrected chi connectivity index (χ4v) is 1.96. The SMILES string of the molecule is Cc1nc(CNC2=NCCCS2)no1. The van der Waals surface area contributed by atoms with E-state index in [0.717, 1.165) is 23.9 Å². The molecule has 2 rings (SSSR count). The molecule has 1 aromatic heterocycles. The van der Waals surface area contributed by atoms with Crippen molar-refractivity contribution in [2.75, 3.05) is 12.3 Å². The van der Waals surface area contributed by atoms with Crippen LogP contribution in [0.1, 0.15) is 18.1 Å². The van der Waals surface area contributed by atoms with Gasteiger partial charge in [0.05, 0.1) is 6.54 Å². The van der Waals surface area contributed by atoms with E-state index in [4.69, 9.17) is 4.52 Å². The maximum atomic E-state index is 4.86. The van der Waals surface area contributed by atoms with Gasteiger partial charge in [-0.1, -0.05) is 16.9 Å². The molecule has 1 aliphatic rings. The third-order valence-corrected chi connectivity index (χ3v) is 2.80. The van der Waals surface area contributed by atoms with Gasteiger partial charge in [0.1, 0.15) is 0 Å². The van der Waals surface area contributed by atoms with Gasteiger partial charge in [-0.15, -0.1) is 0 Å². The number of hydrogen-bond acceptors (Lipinski definition) is 6. The molecule has 0 unspecified atom stereocenters. The van der Waals surface area contributed by atoms with Crippen molar-refractivity contribution in [3.05, 3.63) is 11.7 Å². The lowest BCUT2D eigenvalue weighted by Gasteiger charge is -2.11. The number of hydrogen-bond donors (Lipinski definition) is 1. The van der Waals surface area contributed by atoms with Crippen molar-refractivity contribution in [1.29, 1.82) is 0 Å². The van der Waals surface area contributed by atoms with E-state index in [1.165, 1.54) is 0 Å². The summed E-state index contributed by atoms with van der Waals surface area (Å²) in [5.41, 5.74) is 0. The number of rotatable bonds is 2. The minimum Gasteiger partial charge on any atom is -0.357 e. The van der Waals surface area contributed by atoms with Gasteiger partial charge in [-0.25, -0.2) is 0 Å². The van der Waals surface area contributed by atoms with Crippen molar-refractivity contribution in [2.45, 2.75) is 19.9 Å². The highest BCUT2D eigenvalue weighted by molar-refractivity contribution is 8.13. The summed E-state index contributed by atoms with van der Waals surface area (Å²) in [5, 5.41) is 7.95. The molecule has 0 spiro atoms. The highest BCUT2D eigenvalue weighted by Gasteiger charge is 2.07. The fraction of sp³-hybridized carbons (Fsp3) is 0.625. The van der Waals surface area contributed by atoms with Gasteiger partial charge in [0.15, 0.2) is 11.0 Å². The van der Waals surface area contributed by atoms with Crippen molar-refractivity contribution in [1.82, 2.24) is 15.5 Å². The quantitative estimate of drug-likeness (QED) is 0.791. The third-order valence-electron chi connectivity index (χ3n) is 1.76. The Hall–Kier alpha value is -1.04. The van der Waals surface area contributed by atoms with Gasteiger partial charge < -0.3 is 9.84 Å². The molecule has 0 amide bonds. The van der Waals surface area contributed by atoms with Crippen LogP contribution >= 0.6 is 11.8 Å². The predicted molar refractivity (Wildman–Crippen MR) is 55.3 cm³/mol. The lowest BCUT2D eigenvalue weighted by atomic mass is 10.5. The Labute approximate surface area is 86.4 Å². The zero-order chi connectivity index (χ0) is 9.80. The maximum Gasteiger partial charge on any atom is 0.223 e. The van der Waals surface area contributed by atoms with Crippen LogP contribution in [0.2, 0.25) is 0 Å². The molecule has 6 heteroatoms. The van der Waals surface area contributed by atoms with Crippen LogP contribution in [0.5, 0.6) is 0 Å². The predicted octanol–water partition coefficient (Wildman–Crippen LogP) is 0.961. The van der Waals surface area contributed by atoms with Gasteiger partial charge in [-0.3, -0.25) is 4.99 Å². The van der Waals surface area contributed by atoms with Crippen molar-refractivity contribution < 1.29 is 4.52 Å². The Morgan fingerprint density at radius 2 is 2.50 bits per heavy atom. The Balaban J connectivity index is 1.84. The van der Waals surface area contributed by atoms with E-state index in [9.17, 15) is 0 Å². The van der Waals surface area contributed by atoms with Crippen molar-refractivity contribution >= 4 is 16.9 Å². The molecule has 0 saturated carbocycles. The van der Waals surface area contributed by atoms with Crippen molar-refractivity contribution in [3.8, 4) is 0 Å². The number of nitrogens with one attached hydrogen (secondary N) is 1. The summed E-state index contributed by atoms with van der Waals surface area (Å²) in [7, 11) is 0. The minimum atomic E-state index is 0.586. The highest BCUT2D eigenvalue weighted by Crippen LogP contribution is 2.10. The molecule has 0 fully saturated rings. The molecule has 5 nitrogen and oxygen atoms in total. The Morgan fingerprint density at radius 1 is 1.57 bits per heavy atom. The van der Waals surface area contributed by atoms with Crippen LogP contribution in [-0.2, 0) is 6.54 Å². The van der Waals surface area contributed by atoms with Gasteiger partial charge in [-0.2, -0.15) is 4.98 Å². The van der Waals surface area contributed by atoms with E-state index in [-0.39, 0.29) is 0 Å². The van der Waals surface area contributed by atoms with E-state index in [1.807, 2.05) is 0 Å². The van der Waals surface area contributed by atoms with Gasteiger partial charge in [0, 0.05) is 19.2 Å². The molecule has 0 bridgehead atoms. The smallest absolute Gasteiger partial charge is 0.223 e. The van der Waals surface area contributed by atoms with Crippen LogP contribution in [0.25, 0.3) is 0 Å². The third kappa shape index (κ3) is 2.47. The average Bonchev–Trinajstić information content (AvgIpc) is 2.63. The number of aromatic nitrogens is 2. The van der Waals surface area contributed by atoms with Crippen LogP contribution in [0, 0.1) is 6.92 Å². The first-order chi connectivity index (χ1) is 6.84. The Kier molecular flexibility index (Phi) is 3.03. The molecule has 0 saturated heterocycles. The first-order valence-corrected chi connectivity index (χ1v) is 5.53. The molecule has 1 aromatic rings. The standard InChI is InChI=1S/C8H12N4OS/c1-6-11-7(12-13-6)5-10-8-9-3-2-4-14-8/h2-5H2,1H3,(H,9,10). The molecule has 14 heavy (non-hydrogen) atoms. The van der Waals surface area contributed by atoms with E-state index in [0.29, 0.717) is 18.3 Å². The molecule has 0 atom stereocenters. The normalized spacial score (nSPS) is 16.5.